The van der Waals surface area contributed by atoms with Crippen LogP contribution >= 0.6 is 11.3 Å². The molecule has 3 heteroatoms. The monoisotopic (exact) mass is 281 g/mol. The molecule has 0 radical (unpaired) electrons. The van der Waals surface area contributed by atoms with E-state index in [1.807, 2.05) is 41.9 Å². The average Bonchev–Trinajstić information content (AvgIpc) is 2.93. The van der Waals surface area contributed by atoms with Crippen molar-refractivity contribution in [2.75, 3.05) is 0 Å². The molecule has 2 nitrogen and oxygen atoms in total. The highest BCUT2D eigenvalue weighted by Crippen LogP contribution is 2.33. The van der Waals surface area contributed by atoms with Gasteiger partial charge in [0.05, 0.1) is 0 Å². The number of benzene rings is 2. The lowest BCUT2D eigenvalue weighted by Gasteiger charge is -2.11. The van der Waals surface area contributed by atoms with Gasteiger partial charge in [-0.25, -0.2) is 4.98 Å². The predicted molar refractivity (Wildman–Crippen MR) is 83.5 cm³/mol. The summed E-state index contributed by atoms with van der Waals surface area (Å²) in [5.74, 6) is 1.72. The summed E-state index contributed by atoms with van der Waals surface area (Å²) in [5, 5.41) is 3.06. The maximum Gasteiger partial charge on any atom is 0.128 e. The van der Waals surface area contributed by atoms with E-state index in [4.69, 9.17) is 4.74 Å². The van der Waals surface area contributed by atoms with Gasteiger partial charge in [0.1, 0.15) is 16.5 Å². The molecule has 0 saturated heterocycles. The van der Waals surface area contributed by atoms with E-state index in [1.54, 1.807) is 11.3 Å². The number of ether oxygens (including phenoxy) is 1. The third-order valence-corrected chi connectivity index (χ3v) is 3.92. The second-order valence-electron chi connectivity index (χ2n) is 4.68. The smallest absolute Gasteiger partial charge is 0.128 e. The van der Waals surface area contributed by atoms with Crippen LogP contribution in [0.25, 0.3) is 10.6 Å². The van der Waals surface area contributed by atoms with Crippen molar-refractivity contribution in [2.24, 2.45) is 0 Å². The minimum Gasteiger partial charge on any atom is -0.457 e. The standard InChI is InChI=1S/C17H15NOS/c1-12-10-15(19-14-6-4-3-5-7-14)11-13(2)16(12)17-18-8-9-20-17/h3-11H,1-2H3. The van der Waals surface area contributed by atoms with Crippen LogP contribution in [-0.4, -0.2) is 4.98 Å². The summed E-state index contributed by atoms with van der Waals surface area (Å²) in [6.45, 7) is 4.20. The largest absolute Gasteiger partial charge is 0.457 e. The number of nitrogens with zero attached hydrogens (tertiary/aromatic N) is 1. The second kappa shape index (κ2) is 5.47. The number of para-hydroxylation sites is 1. The first kappa shape index (κ1) is 12.9. The van der Waals surface area contributed by atoms with Gasteiger partial charge in [-0.1, -0.05) is 18.2 Å². The fraction of sp³-hybridized carbons (Fsp3) is 0.118. The van der Waals surface area contributed by atoms with Crippen LogP contribution in [0.1, 0.15) is 11.1 Å². The Bertz CT molecular complexity index is 682. The van der Waals surface area contributed by atoms with Gasteiger partial charge in [0.25, 0.3) is 0 Å². The molecule has 0 amide bonds. The molecule has 0 fully saturated rings. The molecule has 3 rings (SSSR count). The maximum absolute atomic E-state index is 5.90. The molecule has 100 valence electrons. The van der Waals surface area contributed by atoms with E-state index < -0.39 is 0 Å². The minimum absolute atomic E-state index is 0.855. The molecule has 1 aromatic heterocycles. The van der Waals surface area contributed by atoms with Crippen LogP contribution in [0.5, 0.6) is 11.5 Å². The zero-order valence-electron chi connectivity index (χ0n) is 11.5. The van der Waals surface area contributed by atoms with Crippen molar-refractivity contribution >= 4 is 11.3 Å². The van der Waals surface area contributed by atoms with Gasteiger partial charge in [-0.2, -0.15) is 0 Å². The summed E-state index contributed by atoms with van der Waals surface area (Å²) in [4.78, 5) is 4.40. The van der Waals surface area contributed by atoms with Gasteiger partial charge in [-0.05, 0) is 49.2 Å². The van der Waals surface area contributed by atoms with E-state index in [1.165, 1.54) is 16.7 Å². The second-order valence-corrected chi connectivity index (χ2v) is 5.58. The molecule has 0 spiro atoms. The van der Waals surface area contributed by atoms with Crippen LogP contribution in [0.15, 0.2) is 54.0 Å². The summed E-state index contributed by atoms with van der Waals surface area (Å²) in [5.41, 5.74) is 3.58. The predicted octanol–water partition coefficient (Wildman–Crippen LogP) is 5.22. The van der Waals surface area contributed by atoms with E-state index in [-0.39, 0.29) is 0 Å². The first-order chi connectivity index (χ1) is 9.74. The van der Waals surface area contributed by atoms with Crippen molar-refractivity contribution in [3.63, 3.8) is 0 Å². The Morgan fingerprint density at radius 1 is 0.950 bits per heavy atom. The molecule has 1 heterocycles. The van der Waals surface area contributed by atoms with Gasteiger partial charge in [0.15, 0.2) is 0 Å². The van der Waals surface area contributed by atoms with Crippen molar-refractivity contribution in [3.8, 4) is 22.1 Å². The zero-order chi connectivity index (χ0) is 13.9. The van der Waals surface area contributed by atoms with Crippen molar-refractivity contribution in [2.45, 2.75) is 13.8 Å². The van der Waals surface area contributed by atoms with Gasteiger partial charge < -0.3 is 4.74 Å². The molecule has 0 aliphatic heterocycles. The van der Waals surface area contributed by atoms with Crippen LogP contribution in [0.4, 0.5) is 0 Å². The van der Waals surface area contributed by atoms with Gasteiger partial charge >= 0.3 is 0 Å². The number of aromatic nitrogens is 1. The highest BCUT2D eigenvalue weighted by Gasteiger charge is 2.10. The molecule has 0 N–H and O–H groups in total. The molecule has 0 saturated carbocycles. The quantitative estimate of drug-likeness (QED) is 0.656. The summed E-state index contributed by atoms with van der Waals surface area (Å²) in [7, 11) is 0. The van der Waals surface area contributed by atoms with Gasteiger partial charge in [-0.3, -0.25) is 0 Å². The summed E-state index contributed by atoms with van der Waals surface area (Å²) < 4.78 is 5.90. The van der Waals surface area contributed by atoms with Gasteiger partial charge in [0, 0.05) is 17.1 Å². The number of thiazole rings is 1. The van der Waals surface area contributed by atoms with E-state index in [9.17, 15) is 0 Å². The summed E-state index contributed by atoms with van der Waals surface area (Å²) in [6, 6.07) is 14.0. The fourth-order valence-corrected chi connectivity index (χ4v) is 3.10. The Morgan fingerprint density at radius 3 is 2.25 bits per heavy atom. The Morgan fingerprint density at radius 2 is 1.65 bits per heavy atom. The zero-order valence-corrected chi connectivity index (χ0v) is 12.3. The van der Waals surface area contributed by atoms with E-state index >= 15 is 0 Å². The molecule has 0 aliphatic rings. The van der Waals surface area contributed by atoms with Crippen LogP contribution in [-0.2, 0) is 0 Å². The van der Waals surface area contributed by atoms with Gasteiger partial charge in [0.2, 0.25) is 0 Å². The third kappa shape index (κ3) is 2.58. The lowest BCUT2D eigenvalue weighted by Crippen LogP contribution is -1.91. The number of rotatable bonds is 3. The van der Waals surface area contributed by atoms with Crippen LogP contribution < -0.4 is 4.74 Å². The number of hydrogen-bond acceptors (Lipinski definition) is 3. The van der Waals surface area contributed by atoms with E-state index in [0.717, 1.165) is 16.5 Å². The normalized spacial score (nSPS) is 10.5. The molecule has 0 unspecified atom stereocenters. The lowest BCUT2D eigenvalue weighted by atomic mass is 10.0. The lowest BCUT2D eigenvalue weighted by molar-refractivity contribution is 0.482. The highest BCUT2D eigenvalue weighted by molar-refractivity contribution is 7.13. The fourth-order valence-electron chi connectivity index (χ4n) is 2.29. The first-order valence-electron chi connectivity index (χ1n) is 6.48. The number of aryl methyl sites for hydroxylation is 2. The molecular weight excluding hydrogens is 266 g/mol. The molecule has 0 bridgehead atoms. The first-order valence-corrected chi connectivity index (χ1v) is 7.36. The van der Waals surface area contributed by atoms with Crippen LogP contribution in [0.2, 0.25) is 0 Å². The van der Waals surface area contributed by atoms with Crippen molar-refractivity contribution in [3.05, 3.63) is 65.2 Å². The van der Waals surface area contributed by atoms with E-state index in [0.29, 0.717) is 0 Å². The van der Waals surface area contributed by atoms with Crippen LogP contribution in [0.3, 0.4) is 0 Å². The van der Waals surface area contributed by atoms with E-state index in [2.05, 4.69) is 31.0 Å². The Hall–Kier alpha value is -2.13. The van der Waals surface area contributed by atoms with Crippen molar-refractivity contribution in [1.29, 1.82) is 0 Å². The third-order valence-electron chi connectivity index (χ3n) is 3.13. The SMILES string of the molecule is Cc1cc(Oc2ccccc2)cc(C)c1-c1nccs1. The average molecular weight is 281 g/mol. The Labute approximate surface area is 122 Å². The molecular formula is C17H15NOS. The number of hydrogen-bond donors (Lipinski definition) is 0. The van der Waals surface area contributed by atoms with Gasteiger partial charge in [-0.15, -0.1) is 11.3 Å². The molecule has 20 heavy (non-hydrogen) atoms. The van der Waals surface area contributed by atoms with Crippen molar-refractivity contribution < 1.29 is 4.74 Å². The molecule has 0 atom stereocenters. The maximum atomic E-state index is 5.90. The van der Waals surface area contributed by atoms with Crippen LogP contribution in [0, 0.1) is 13.8 Å². The Kier molecular flexibility index (Phi) is 3.52. The topological polar surface area (TPSA) is 22.1 Å². The summed E-state index contributed by atoms with van der Waals surface area (Å²) in [6.07, 6.45) is 1.84. The minimum atomic E-state index is 0.855. The van der Waals surface area contributed by atoms with Crippen molar-refractivity contribution in [1.82, 2.24) is 4.98 Å². The molecule has 0 aliphatic carbocycles. The summed E-state index contributed by atoms with van der Waals surface area (Å²) >= 11 is 1.66. The highest BCUT2D eigenvalue weighted by atomic mass is 32.1. The Balaban J connectivity index is 1.96. The molecule has 2 aromatic carbocycles. The molecule has 3 aromatic rings.